The third-order valence-electron chi connectivity index (χ3n) is 7.20. The van der Waals surface area contributed by atoms with Gasteiger partial charge in [0.2, 0.25) is 0 Å². The van der Waals surface area contributed by atoms with Crippen LogP contribution >= 0.6 is 0 Å². The molecule has 3 aliphatic rings. The summed E-state index contributed by atoms with van der Waals surface area (Å²) in [7, 11) is 0. The third-order valence-corrected chi connectivity index (χ3v) is 7.20. The van der Waals surface area contributed by atoms with E-state index in [-0.39, 0.29) is 17.6 Å². The van der Waals surface area contributed by atoms with Gasteiger partial charge in [0.25, 0.3) is 5.91 Å². The summed E-state index contributed by atoms with van der Waals surface area (Å²) in [6, 6.07) is 12.7. The Hall–Kier alpha value is -2.53. The molecule has 0 aromatic heterocycles. The van der Waals surface area contributed by atoms with Gasteiger partial charge in [0.1, 0.15) is 5.75 Å². The van der Waals surface area contributed by atoms with Crippen LogP contribution in [-0.4, -0.2) is 41.1 Å². The highest BCUT2D eigenvalue weighted by Crippen LogP contribution is 2.53. The molecule has 30 heavy (non-hydrogen) atoms. The van der Waals surface area contributed by atoms with Crippen LogP contribution in [0.1, 0.15) is 66.9 Å². The van der Waals surface area contributed by atoms with Crippen LogP contribution in [0.4, 0.5) is 0 Å². The molecule has 2 fully saturated rings. The van der Waals surface area contributed by atoms with E-state index in [1.165, 1.54) is 12.8 Å². The molecule has 2 saturated heterocycles. The van der Waals surface area contributed by atoms with E-state index >= 15 is 0 Å². The number of nitrogens with zero attached hydrogens (tertiary/aromatic N) is 1. The van der Waals surface area contributed by atoms with Crippen LogP contribution in [0.25, 0.3) is 0 Å². The monoisotopic (exact) mass is 406 g/mol. The van der Waals surface area contributed by atoms with Crippen molar-refractivity contribution in [1.29, 1.82) is 0 Å². The van der Waals surface area contributed by atoms with E-state index in [0.29, 0.717) is 48.2 Å². The quantitative estimate of drug-likeness (QED) is 0.776. The van der Waals surface area contributed by atoms with Gasteiger partial charge in [0.05, 0.1) is 0 Å². The highest BCUT2D eigenvalue weighted by atomic mass is 16.5. The molecule has 1 amide bonds. The summed E-state index contributed by atoms with van der Waals surface area (Å²) in [5, 5.41) is 14.3. The first-order valence-electron chi connectivity index (χ1n) is 11.3. The lowest BCUT2D eigenvalue weighted by molar-refractivity contribution is 0.0772. The number of ether oxygens (including phenoxy) is 1. The zero-order chi connectivity index (χ0) is 20.8. The van der Waals surface area contributed by atoms with Crippen molar-refractivity contribution in [1.82, 2.24) is 10.2 Å². The fourth-order valence-electron chi connectivity index (χ4n) is 5.76. The Morgan fingerprint density at radius 2 is 1.83 bits per heavy atom. The normalized spacial score (nSPS) is 26.5. The van der Waals surface area contributed by atoms with Crippen molar-refractivity contribution in [3.05, 3.63) is 53.1 Å². The number of nitrogens with one attached hydrogen (secondary N) is 1. The van der Waals surface area contributed by atoms with Gasteiger partial charge in [0, 0.05) is 47.8 Å². The van der Waals surface area contributed by atoms with E-state index < -0.39 is 0 Å². The van der Waals surface area contributed by atoms with Gasteiger partial charge in [-0.15, -0.1) is 0 Å². The van der Waals surface area contributed by atoms with E-state index in [4.69, 9.17) is 4.74 Å². The van der Waals surface area contributed by atoms with E-state index in [0.717, 1.165) is 24.0 Å². The number of hydrogen-bond donors (Lipinski definition) is 2. The second kappa shape index (κ2) is 7.62. The summed E-state index contributed by atoms with van der Waals surface area (Å²) in [6.45, 7) is 5.34. The van der Waals surface area contributed by atoms with Crippen LogP contribution in [0.3, 0.4) is 0 Å². The predicted octanol–water partition coefficient (Wildman–Crippen LogP) is 4.64. The highest BCUT2D eigenvalue weighted by Gasteiger charge is 2.41. The molecule has 5 nitrogen and oxygen atoms in total. The Kier molecular flexibility index (Phi) is 4.94. The standard InChI is InChI=1S/C25H30N2O3/c1-3-27(4-2)25(29)15-8-11-19-22(14-15)30-24-20(6-5-7-21(24)28)23(19)16-12-17-9-10-18(13-16)26-17/h5-8,11,14,16-18,23,26,28H,3-4,9-10,12-13H2,1-2H3. The minimum absolute atomic E-state index is 0.0194. The smallest absolute Gasteiger partial charge is 0.253 e. The van der Waals surface area contributed by atoms with Gasteiger partial charge >= 0.3 is 0 Å². The number of piperidine rings is 1. The molecule has 0 spiro atoms. The Bertz CT molecular complexity index is 957. The number of fused-ring (bicyclic) bond motifs is 4. The molecule has 2 aromatic rings. The summed E-state index contributed by atoms with van der Waals surface area (Å²) in [6.07, 6.45) is 4.77. The first-order valence-corrected chi connectivity index (χ1v) is 11.3. The van der Waals surface area contributed by atoms with Gasteiger partial charge in [-0.3, -0.25) is 4.79 Å². The summed E-state index contributed by atoms with van der Waals surface area (Å²) in [5.74, 6) is 2.12. The number of carbonyl (C=O) groups excluding carboxylic acids is 1. The minimum Gasteiger partial charge on any atom is -0.504 e. The van der Waals surface area contributed by atoms with Gasteiger partial charge in [-0.05, 0) is 63.6 Å². The van der Waals surface area contributed by atoms with Crippen molar-refractivity contribution in [3.63, 3.8) is 0 Å². The Balaban J connectivity index is 1.57. The van der Waals surface area contributed by atoms with Gasteiger partial charge in [-0.25, -0.2) is 0 Å². The topological polar surface area (TPSA) is 61.8 Å². The van der Waals surface area contributed by atoms with Crippen molar-refractivity contribution in [2.75, 3.05) is 13.1 Å². The Morgan fingerprint density at radius 1 is 1.10 bits per heavy atom. The number of hydrogen-bond acceptors (Lipinski definition) is 4. The van der Waals surface area contributed by atoms with Crippen molar-refractivity contribution in [3.8, 4) is 17.2 Å². The zero-order valence-electron chi connectivity index (χ0n) is 17.7. The predicted molar refractivity (Wildman–Crippen MR) is 116 cm³/mol. The van der Waals surface area contributed by atoms with Crippen LogP contribution < -0.4 is 10.1 Å². The summed E-state index contributed by atoms with van der Waals surface area (Å²) in [4.78, 5) is 14.7. The molecular weight excluding hydrogens is 376 g/mol. The molecule has 2 aromatic carbocycles. The van der Waals surface area contributed by atoms with Crippen molar-refractivity contribution < 1.29 is 14.6 Å². The van der Waals surface area contributed by atoms with Crippen molar-refractivity contribution >= 4 is 5.91 Å². The van der Waals surface area contributed by atoms with E-state index in [1.807, 2.05) is 36.9 Å². The third kappa shape index (κ3) is 3.16. The highest BCUT2D eigenvalue weighted by molar-refractivity contribution is 5.95. The molecule has 3 unspecified atom stereocenters. The number of rotatable bonds is 4. The average molecular weight is 407 g/mol. The SMILES string of the molecule is CCN(CC)C(=O)c1ccc2c(c1)Oc1c(O)cccc1C2C1CC2CCC(C1)N2. The second-order valence-corrected chi connectivity index (χ2v) is 8.87. The van der Waals surface area contributed by atoms with Gasteiger partial charge in [0.15, 0.2) is 11.5 Å². The Labute approximate surface area is 178 Å². The summed E-state index contributed by atoms with van der Waals surface area (Å²) in [5.41, 5.74) is 2.84. The molecule has 2 N–H and O–H groups in total. The van der Waals surface area contributed by atoms with Crippen LogP contribution in [0.5, 0.6) is 17.2 Å². The first kappa shape index (κ1) is 19.4. The van der Waals surface area contributed by atoms with Gasteiger partial charge in [-0.2, -0.15) is 0 Å². The maximum absolute atomic E-state index is 12.9. The fourth-order valence-corrected chi connectivity index (χ4v) is 5.76. The van der Waals surface area contributed by atoms with Crippen LogP contribution in [-0.2, 0) is 0 Å². The maximum atomic E-state index is 12.9. The maximum Gasteiger partial charge on any atom is 0.253 e. The number of amides is 1. The van der Waals surface area contributed by atoms with Crippen molar-refractivity contribution in [2.24, 2.45) is 5.92 Å². The number of aromatic hydroxyl groups is 1. The largest absolute Gasteiger partial charge is 0.504 e. The number of phenolic OH excluding ortho intramolecular Hbond substituents is 1. The molecule has 3 atom stereocenters. The molecule has 158 valence electrons. The number of phenols is 1. The van der Waals surface area contributed by atoms with E-state index in [1.54, 1.807) is 6.07 Å². The molecule has 5 heteroatoms. The number of benzene rings is 2. The minimum atomic E-state index is 0.0194. The number of para-hydroxylation sites is 1. The van der Waals surface area contributed by atoms with Gasteiger partial charge < -0.3 is 20.1 Å². The lowest BCUT2D eigenvalue weighted by Gasteiger charge is -2.38. The lowest BCUT2D eigenvalue weighted by Crippen LogP contribution is -2.40. The second-order valence-electron chi connectivity index (χ2n) is 8.87. The lowest BCUT2D eigenvalue weighted by atomic mass is 9.73. The molecule has 3 heterocycles. The summed E-state index contributed by atoms with van der Waals surface area (Å²) < 4.78 is 6.20. The van der Waals surface area contributed by atoms with Crippen molar-refractivity contribution in [2.45, 2.75) is 57.5 Å². The van der Waals surface area contributed by atoms with Crippen LogP contribution in [0, 0.1) is 5.92 Å². The molecule has 5 rings (SSSR count). The molecular formula is C25H30N2O3. The van der Waals surface area contributed by atoms with E-state index in [9.17, 15) is 9.90 Å². The van der Waals surface area contributed by atoms with Crippen LogP contribution in [0.2, 0.25) is 0 Å². The summed E-state index contributed by atoms with van der Waals surface area (Å²) >= 11 is 0. The molecule has 0 saturated carbocycles. The molecule has 0 radical (unpaired) electrons. The van der Waals surface area contributed by atoms with Gasteiger partial charge in [-0.1, -0.05) is 18.2 Å². The molecule has 0 aliphatic carbocycles. The zero-order valence-corrected chi connectivity index (χ0v) is 17.7. The Morgan fingerprint density at radius 3 is 2.53 bits per heavy atom. The molecule has 2 bridgehead atoms. The average Bonchev–Trinajstić information content (AvgIpc) is 3.10. The number of carbonyl (C=O) groups is 1. The molecule has 3 aliphatic heterocycles. The van der Waals surface area contributed by atoms with E-state index in [2.05, 4.69) is 17.4 Å². The van der Waals surface area contributed by atoms with Crippen LogP contribution in [0.15, 0.2) is 36.4 Å². The fraction of sp³-hybridized carbons (Fsp3) is 0.480. The first-order chi connectivity index (χ1) is 14.6.